The van der Waals surface area contributed by atoms with Gasteiger partial charge in [-0.2, -0.15) is 0 Å². The first kappa shape index (κ1) is 17.2. The number of halogens is 1. The van der Waals surface area contributed by atoms with Crippen LogP contribution in [0.25, 0.3) is 5.57 Å². The van der Waals surface area contributed by atoms with Gasteiger partial charge in [0.25, 0.3) is 11.8 Å². The summed E-state index contributed by atoms with van der Waals surface area (Å²) in [5, 5.41) is 3.75. The van der Waals surface area contributed by atoms with E-state index in [2.05, 4.69) is 11.4 Å². The maximum Gasteiger partial charge on any atom is 0.278 e. The summed E-state index contributed by atoms with van der Waals surface area (Å²) in [7, 11) is 0. The fraction of sp³-hybridized carbons (Fsp3) is 0.200. The van der Waals surface area contributed by atoms with E-state index in [4.69, 9.17) is 11.6 Å². The number of benzene rings is 2. The molecule has 4 nitrogen and oxygen atoms in total. The van der Waals surface area contributed by atoms with Crippen LogP contribution in [0.5, 0.6) is 0 Å². The fourth-order valence-electron chi connectivity index (χ4n) is 3.05. The molecule has 128 valence electrons. The van der Waals surface area contributed by atoms with Crippen LogP contribution >= 0.6 is 11.6 Å². The highest BCUT2D eigenvalue weighted by Gasteiger charge is 2.38. The van der Waals surface area contributed by atoms with Crippen LogP contribution in [0.2, 0.25) is 5.02 Å². The van der Waals surface area contributed by atoms with Crippen LogP contribution < -0.4 is 5.32 Å². The Kier molecular flexibility index (Phi) is 4.64. The van der Waals surface area contributed by atoms with Crippen LogP contribution in [0.3, 0.4) is 0 Å². The molecular formula is C20H19ClN2O2. The fourth-order valence-corrected chi connectivity index (χ4v) is 3.18. The zero-order chi connectivity index (χ0) is 18.1. The molecule has 1 heterocycles. The van der Waals surface area contributed by atoms with Crippen molar-refractivity contribution in [1.29, 1.82) is 0 Å². The van der Waals surface area contributed by atoms with E-state index < -0.39 is 0 Å². The smallest absolute Gasteiger partial charge is 0.278 e. The Morgan fingerprint density at radius 2 is 1.56 bits per heavy atom. The lowest BCUT2D eigenvalue weighted by Gasteiger charge is -2.12. The van der Waals surface area contributed by atoms with Crippen LogP contribution in [0.1, 0.15) is 23.6 Å². The number of likely N-dealkylation sites (N-methyl/N-ethyl adjacent to an activating group) is 1. The van der Waals surface area contributed by atoms with Crippen molar-refractivity contribution in [2.45, 2.75) is 20.8 Å². The molecule has 1 N–H and O–H groups in total. The third-order valence-corrected chi connectivity index (χ3v) is 4.36. The quantitative estimate of drug-likeness (QED) is 0.838. The minimum Gasteiger partial charge on any atom is -0.350 e. The molecule has 0 bridgehead atoms. The van der Waals surface area contributed by atoms with Gasteiger partial charge in [-0.15, -0.1) is 0 Å². The maximum atomic E-state index is 12.7. The Bertz CT molecular complexity index is 865. The van der Waals surface area contributed by atoms with E-state index in [1.807, 2.05) is 26.0 Å². The average molecular weight is 355 g/mol. The van der Waals surface area contributed by atoms with Crippen LogP contribution in [0.4, 0.5) is 5.69 Å². The van der Waals surface area contributed by atoms with Crippen LogP contribution in [-0.2, 0) is 9.59 Å². The zero-order valence-corrected chi connectivity index (χ0v) is 15.1. The molecule has 0 saturated heterocycles. The van der Waals surface area contributed by atoms with Gasteiger partial charge >= 0.3 is 0 Å². The minimum atomic E-state index is -0.309. The molecule has 0 unspecified atom stereocenters. The number of aryl methyl sites for hydroxylation is 2. The van der Waals surface area contributed by atoms with Crippen molar-refractivity contribution in [1.82, 2.24) is 4.90 Å². The molecule has 3 rings (SSSR count). The number of imide groups is 1. The van der Waals surface area contributed by atoms with Crippen molar-refractivity contribution in [3.63, 3.8) is 0 Å². The SMILES string of the molecule is CCN1C(=O)C(Nc2cc(C)cc(C)c2)=C(c2ccc(Cl)cc2)C1=O. The summed E-state index contributed by atoms with van der Waals surface area (Å²) in [5.74, 6) is -0.599. The Morgan fingerprint density at radius 3 is 2.12 bits per heavy atom. The number of carbonyl (C=O) groups is 2. The summed E-state index contributed by atoms with van der Waals surface area (Å²) in [6.45, 7) is 6.10. The van der Waals surface area contributed by atoms with Gasteiger partial charge in [-0.1, -0.05) is 29.8 Å². The second-order valence-corrected chi connectivity index (χ2v) is 6.55. The summed E-state index contributed by atoms with van der Waals surface area (Å²) in [4.78, 5) is 26.7. The van der Waals surface area contributed by atoms with Crippen molar-refractivity contribution >= 4 is 34.7 Å². The normalized spacial score (nSPS) is 14.5. The third-order valence-electron chi connectivity index (χ3n) is 4.11. The second kappa shape index (κ2) is 6.73. The lowest BCUT2D eigenvalue weighted by molar-refractivity contribution is -0.136. The minimum absolute atomic E-state index is 0.290. The highest BCUT2D eigenvalue weighted by atomic mass is 35.5. The van der Waals surface area contributed by atoms with Gasteiger partial charge in [0, 0.05) is 17.3 Å². The molecule has 0 aromatic heterocycles. The molecule has 0 saturated carbocycles. The highest BCUT2D eigenvalue weighted by Crippen LogP contribution is 2.31. The number of nitrogens with zero attached hydrogens (tertiary/aromatic N) is 1. The lowest BCUT2D eigenvalue weighted by atomic mass is 10.0. The predicted molar refractivity (Wildman–Crippen MR) is 100 cm³/mol. The predicted octanol–water partition coefficient (Wildman–Crippen LogP) is 4.17. The first-order valence-corrected chi connectivity index (χ1v) is 8.50. The summed E-state index contributed by atoms with van der Waals surface area (Å²) in [5.41, 5.74) is 4.31. The largest absolute Gasteiger partial charge is 0.350 e. The Hall–Kier alpha value is -2.59. The molecule has 0 spiro atoms. The molecule has 2 aromatic rings. The van der Waals surface area contributed by atoms with Crippen molar-refractivity contribution in [2.75, 3.05) is 11.9 Å². The molecule has 1 aliphatic heterocycles. The molecule has 0 radical (unpaired) electrons. The van der Waals surface area contributed by atoms with Crippen molar-refractivity contribution < 1.29 is 9.59 Å². The molecule has 0 atom stereocenters. The highest BCUT2D eigenvalue weighted by molar-refractivity contribution is 6.36. The van der Waals surface area contributed by atoms with Crippen molar-refractivity contribution in [2.24, 2.45) is 0 Å². The van der Waals surface area contributed by atoms with Crippen molar-refractivity contribution in [3.8, 4) is 0 Å². The van der Waals surface area contributed by atoms with Crippen LogP contribution in [-0.4, -0.2) is 23.3 Å². The van der Waals surface area contributed by atoms with Crippen molar-refractivity contribution in [3.05, 3.63) is 69.9 Å². The number of amides is 2. The Balaban J connectivity index is 2.10. The third kappa shape index (κ3) is 3.30. The number of hydrogen-bond acceptors (Lipinski definition) is 3. The molecule has 2 aromatic carbocycles. The monoisotopic (exact) mass is 354 g/mol. The summed E-state index contributed by atoms with van der Waals surface area (Å²) in [6, 6.07) is 12.9. The second-order valence-electron chi connectivity index (χ2n) is 6.11. The number of hydrogen-bond donors (Lipinski definition) is 1. The van der Waals surface area contributed by atoms with Gasteiger partial charge in [-0.25, -0.2) is 0 Å². The summed E-state index contributed by atoms with van der Waals surface area (Å²) in [6.07, 6.45) is 0. The van der Waals surface area contributed by atoms with E-state index in [1.165, 1.54) is 4.90 Å². The average Bonchev–Trinajstić information content (AvgIpc) is 2.78. The van der Waals surface area contributed by atoms with Gasteiger partial charge in [-0.3, -0.25) is 14.5 Å². The van der Waals surface area contributed by atoms with E-state index in [9.17, 15) is 9.59 Å². The number of nitrogens with one attached hydrogen (secondary N) is 1. The van der Waals surface area contributed by atoms with E-state index in [-0.39, 0.29) is 11.8 Å². The molecule has 0 fully saturated rings. The first-order valence-electron chi connectivity index (χ1n) is 8.12. The Morgan fingerprint density at radius 1 is 0.960 bits per heavy atom. The van der Waals surface area contributed by atoms with E-state index in [0.29, 0.717) is 28.4 Å². The molecular weight excluding hydrogens is 336 g/mol. The van der Waals surface area contributed by atoms with E-state index in [0.717, 1.165) is 16.8 Å². The number of anilines is 1. The number of rotatable bonds is 4. The molecule has 25 heavy (non-hydrogen) atoms. The van der Waals surface area contributed by atoms with Gasteiger partial charge in [-0.05, 0) is 61.7 Å². The maximum absolute atomic E-state index is 12.7. The van der Waals surface area contributed by atoms with E-state index in [1.54, 1.807) is 31.2 Å². The van der Waals surface area contributed by atoms with Crippen LogP contribution in [0, 0.1) is 13.8 Å². The van der Waals surface area contributed by atoms with Gasteiger partial charge in [0.05, 0.1) is 5.57 Å². The first-order chi connectivity index (χ1) is 11.9. The zero-order valence-electron chi connectivity index (χ0n) is 14.4. The van der Waals surface area contributed by atoms with Gasteiger partial charge in [0.2, 0.25) is 0 Å². The lowest BCUT2D eigenvalue weighted by Crippen LogP contribution is -2.32. The van der Waals surface area contributed by atoms with E-state index >= 15 is 0 Å². The summed E-state index contributed by atoms with van der Waals surface area (Å²) < 4.78 is 0. The Labute approximate surface area is 152 Å². The number of carbonyl (C=O) groups excluding carboxylic acids is 2. The molecule has 1 aliphatic rings. The molecule has 5 heteroatoms. The molecule has 2 amide bonds. The molecule has 0 aliphatic carbocycles. The summed E-state index contributed by atoms with van der Waals surface area (Å²) >= 11 is 5.95. The van der Waals surface area contributed by atoms with Gasteiger partial charge in [0.15, 0.2) is 0 Å². The topological polar surface area (TPSA) is 49.4 Å². The standard InChI is InChI=1S/C20H19ClN2O2/c1-4-23-19(24)17(14-5-7-15(21)8-6-14)18(20(23)25)22-16-10-12(2)9-13(3)11-16/h5-11,22H,4H2,1-3H3. The van der Waals surface area contributed by atoms with Gasteiger partial charge in [0.1, 0.15) is 5.70 Å². The van der Waals surface area contributed by atoms with Crippen LogP contribution in [0.15, 0.2) is 48.2 Å². The van der Waals surface area contributed by atoms with Gasteiger partial charge < -0.3 is 5.32 Å².